The van der Waals surface area contributed by atoms with Crippen LogP contribution in [-0.4, -0.2) is 108 Å². The molecule has 1 atom stereocenters. The van der Waals surface area contributed by atoms with E-state index in [0.717, 1.165) is 0 Å². The number of allylic oxidation sites excluding steroid dienone is 1. The zero-order chi connectivity index (χ0) is 30.6. The van der Waals surface area contributed by atoms with Crippen LogP contribution in [0.3, 0.4) is 0 Å². The molecule has 1 unspecified atom stereocenters. The third kappa shape index (κ3) is 8.46. The number of benzene rings is 1. The average Bonchev–Trinajstić information content (AvgIpc) is 2.97. The molecule has 42 heavy (non-hydrogen) atoms. The van der Waals surface area contributed by atoms with Gasteiger partial charge in [0.05, 0.1) is 41.8 Å². The molecule has 0 aliphatic carbocycles. The van der Waals surface area contributed by atoms with Crippen LogP contribution in [-0.2, 0) is 19.1 Å². The number of piperazine rings is 1. The molecule has 2 amide bonds. The first kappa shape index (κ1) is 32.9. The summed E-state index contributed by atoms with van der Waals surface area (Å²) in [7, 11) is 0. The van der Waals surface area contributed by atoms with Crippen molar-refractivity contribution in [2.24, 2.45) is 0 Å². The fraction of sp³-hybridized carbons (Fsp3) is 0.536. The summed E-state index contributed by atoms with van der Waals surface area (Å²) in [6.07, 6.45) is 0. The molecule has 3 rings (SSSR count). The van der Waals surface area contributed by atoms with E-state index in [9.17, 15) is 24.5 Å². The first-order chi connectivity index (χ1) is 20.2. The predicted molar refractivity (Wildman–Crippen MR) is 158 cm³/mol. The zero-order valence-electron chi connectivity index (χ0n) is 24.2. The van der Waals surface area contributed by atoms with Crippen LogP contribution in [0.4, 0.5) is 10.5 Å². The number of thioether (sulfide) groups is 1. The second-order valence-electron chi connectivity index (χ2n) is 9.62. The van der Waals surface area contributed by atoms with Crippen LogP contribution in [0.2, 0.25) is 0 Å². The van der Waals surface area contributed by atoms with Gasteiger partial charge in [-0.15, -0.1) is 0 Å². The van der Waals surface area contributed by atoms with Gasteiger partial charge in [-0.2, -0.15) is 11.8 Å². The lowest BCUT2D eigenvalue weighted by molar-refractivity contribution is -0.384. The highest BCUT2D eigenvalue weighted by molar-refractivity contribution is 7.99. The van der Waals surface area contributed by atoms with Gasteiger partial charge in [0, 0.05) is 74.3 Å². The lowest BCUT2D eigenvalue weighted by Gasteiger charge is -2.34. The maximum atomic E-state index is 13.3. The summed E-state index contributed by atoms with van der Waals surface area (Å²) < 4.78 is 10.7. The summed E-state index contributed by atoms with van der Waals surface area (Å²) in [6.45, 7) is 8.96. The topological polar surface area (TPSA) is 164 Å². The molecule has 2 heterocycles. The van der Waals surface area contributed by atoms with Crippen LogP contribution in [0.25, 0.3) is 0 Å². The number of hydrogen-bond donors (Lipinski definition) is 3. The van der Waals surface area contributed by atoms with Crippen molar-refractivity contribution in [3.05, 3.63) is 62.5 Å². The molecule has 1 aromatic carbocycles. The number of nitro benzene ring substituents is 1. The summed E-state index contributed by atoms with van der Waals surface area (Å²) in [4.78, 5) is 53.9. The van der Waals surface area contributed by atoms with Crippen molar-refractivity contribution in [1.82, 2.24) is 20.4 Å². The van der Waals surface area contributed by atoms with Crippen molar-refractivity contribution in [3.8, 4) is 0 Å². The number of carbonyl (C=O) groups excluding carboxylic acids is 3. The SMILES string of the molecule is CCOC(=O)C1=C(C)NC(CSCCNC(=O)N2CCN(CCO)CC2)=C(C(=O)OCC)C1c1cccc([N+](=O)[O-])c1. The van der Waals surface area contributed by atoms with Gasteiger partial charge in [0.15, 0.2) is 0 Å². The van der Waals surface area contributed by atoms with E-state index in [1.165, 1.54) is 30.0 Å². The Labute approximate surface area is 249 Å². The number of rotatable bonds is 13. The molecule has 1 aromatic rings. The summed E-state index contributed by atoms with van der Waals surface area (Å²) in [5.41, 5.74) is 1.58. The van der Waals surface area contributed by atoms with Gasteiger partial charge >= 0.3 is 18.0 Å². The number of nitrogens with one attached hydrogen (secondary N) is 2. The van der Waals surface area contributed by atoms with Crippen molar-refractivity contribution in [1.29, 1.82) is 0 Å². The molecule has 14 heteroatoms. The summed E-state index contributed by atoms with van der Waals surface area (Å²) in [5.74, 6) is -1.33. The Morgan fingerprint density at radius 3 is 2.40 bits per heavy atom. The van der Waals surface area contributed by atoms with Gasteiger partial charge < -0.3 is 30.1 Å². The Bertz CT molecular complexity index is 1210. The number of urea groups is 1. The molecule has 2 aliphatic rings. The summed E-state index contributed by atoms with van der Waals surface area (Å²) >= 11 is 1.48. The Morgan fingerprint density at radius 2 is 1.79 bits per heavy atom. The van der Waals surface area contributed by atoms with E-state index >= 15 is 0 Å². The minimum atomic E-state index is -0.941. The largest absolute Gasteiger partial charge is 0.463 e. The van der Waals surface area contributed by atoms with E-state index in [1.54, 1.807) is 31.7 Å². The number of esters is 2. The number of non-ortho nitro benzene ring substituents is 1. The average molecular weight is 606 g/mol. The number of amides is 2. The number of carbonyl (C=O) groups is 3. The normalized spacial score (nSPS) is 17.5. The molecule has 3 N–H and O–H groups in total. The van der Waals surface area contributed by atoms with Gasteiger partial charge in [0.25, 0.3) is 5.69 Å². The van der Waals surface area contributed by atoms with Gasteiger partial charge in [-0.25, -0.2) is 14.4 Å². The molecule has 230 valence electrons. The van der Waals surface area contributed by atoms with E-state index in [1.807, 2.05) is 0 Å². The molecular formula is C28H39N5O8S. The van der Waals surface area contributed by atoms with Crippen molar-refractivity contribution in [2.45, 2.75) is 26.7 Å². The van der Waals surface area contributed by atoms with Gasteiger partial charge in [-0.1, -0.05) is 12.1 Å². The summed E-state index contributed by atoms with van der Waals surface area (Å²) in [6, 6.07) is 5.70. The number of nitrogens with zero attached hydrogens (tertiary/aromatic N) is 3. The van der Waals surface area contributed by atoms with E-state index in [4.69, 9.17) is 14.6 Å². The molecule has 1 fully saturated rings. The minimum absolute atomic E-state index is 0.0953. The van der Waals surface area contributed by atoms with Gasteiger partial charge in [-0.05, 0) is 26.3 Å². The second-order valence-corrected chi connectivity index (χ2v) is 10.7. The lowest BCUT2D eigenvalue weighted by Crippen LogP contribution is -2.52. The van der Waals surface area contributed by atoms with Gasteiger partial charge in [0.1, 0.15) is 0 Å². The van der Waals surface area contributed by atoms with Crippen molar-refractivity contribution < 1.29 is 33.9 Å². The Hall–Kier alpha value is -3.62. The molecule has 1 saturated heterocycles. The number of ether oxygens (including phenoxy) is 2. The quantitative estimate of drug-likeness (QED) is 0.130. The molecule has 0 spiro atoms. The number of aliphatic hydroxyl groups is 1. The highest BCUT2D eigenvalue weighted by atomic mass is 32.2. The first-order valence-corrected chi connectivity index (χ1v) is 15.1. The zero-order valence-corrected chi connectivity index (χ0v) is 25.0. The van der Waals surface area contributed by atoms with Gasteiger partial charge in [0.2, 0.25) is 0 Å². The molecule has 2 aliphatic heterocycles. The van der Waals surface area contributed by atoms with Crippen LogP contribution in [0.1, 0.15) is 32.3 Å². The third-order valence-corrected chi connectivity index (χ3v) is 7.88. The van der Waals surface area contributed by atoms with Crippen molar-refractivity contribution in [2.75, 3.05) is 70.6 Å². The highest BCUT2D eigenvalue weighted by Gasteiger charge is 2.39. The first-order valence-electron chi connectivity index (χ1n) is 13.9. The molecule has 0 bridgehead atoms. The van der Waals surface area contributed by atoms with Crippen LogP contribution in [0.15, 0.2) is 46.8 Å². The highest BCUT2D eigenvalue weighted by Crippen LogP contribution is 2.40. The number of dihydropyridines is 1. The maximum absolute atomic E-state index is 13.3. The summed E-state index contributed by atoms with van der Waals surface area (Å²) in [5, 5.41) is 26.7. The van der Waals surface area contributed by atoms with E-state index in [0.29, 0.717) is 67.7 Å². The van der Waals surface area contributed by atoms with Gasteiger partial charge in [-0.3, -0.25) is 15.0 Å². The smallest absolute Gasteiger partial charge is 0.336 e. The fourth-order valence-corrected chi connectivity index (χ4v) is 5.75. The number of hydrogen-bond acceptors (Lipinski definition) is 11. The second kappa shape index (κ2) is 16.1. The Morgan fingerprint density at radius 1 is 1.12 bits per heavy atom. The predicted octanol–water partition coefficient (Wildman–Crippen LogP) is 1.99. The molecule has 0 saturated carbocycles. The number of nitro groups is 1. The van der Waals surface area contributed by atoms with Crippen molar-refractivity contribution >= 4 is 35.4 Å². The standard InChI is InChI=1S/C28H39N5O8S/c1-4-40-26(35)23-19(3)30-22(18-42-16-9-29-28(37)32-12-10-31(11-13-32)14-15-34)25(27(36)41-5-2)24(23)20-7-6-8-21(17-20)33(38)39/h6-8,17,24,30,34H,4-5,9-16,18H2,1-3H3,(H,29,37). The Balaban J connectivity index is 1.78. The molecule has 0 radical (unpaired) electrons. The van der Waals surface area contributed by atoms with E-state index in [2.05, 4.69) is 15.5 Å². The third-order valence-electron chi connectivity index (χ3n) is 6.89. The Kier molecular flexibility index (Phi) is 12.6. The monoisotopic (exact) mass is 605 g/mol. The van der Waals surface area contributed by atoms with Crippen LogP contribution in [0.5, 0.6) is 0 Å². The van der Waals surface area contributed by atoms with E-state index < -0.39 is 22.8 Å². The lowest BCUT2D eigenvalue weighted by atomic mass is 9.80. The molecule has 0 aromatic heterocycles. The number of aliphatic hydroxyl groups excluding tert-OH is 1. The van der Waals surface area contributed by atoms with Crippen LogP contribution in [0, 0.1) is 10.1 Å². The van der Waals surface area contributed by atoms with Crippen LogP contribution >= 0.6 is 11.8 Å². The minimum Gasteiger partial charge on any atom is -0.463 e. The van der Waals surface area contributed by atoms with Crippen molar-refractivity contribution in [3.63, 3.8) is 0 Å². The maximum Gasteiger partial charge on any atom is 0.336 e. The van der Waals surface area contributed by atoms with E-state index in [-0.39, 0.29) is 42.7 Å². The number of β-amino-alcohol motifs (C(OH)–C–C–N with tert-alkyl or cyclic N) is 1. The molecule has 13 nitrogen and oxygen atoms in total. The fourth-order valence-electron chi connectivity index (χ4n) is 4.92. The molecular weight excluding hydrogens is 566 g/mol. The van der Waals surface area contributed by atoms with Crippen LogP contribution < -0.4 is 10.6 Å².